The van der Waals surface area contributed by atoms with Crippen LogP contribution < -0.4 is 5.32 Å². The molecule has 2 aromatic rings. The van der Waals surface area contributed by atoms with Gasteiger partial charge in [-0.25, -0.2) is 9.98 Å². The standard InChI is InChI=1S/C21H33N7/c1-3-23-21(24-14-18-9-12-28(25-18)19-6-4-5-7-19)26-11-8-17(2)20(15-26)27-13-10-22-16-27/h9-10,12-13,16-17,19-20H,3-8,11,14-15H2,1-2H3,(H,23,24). The van der Waals surface area contributed by atoms with Crippen LogP contribution in [0.15, 0.2) is 36.0 Å². The van der Waals surface area contributed by atoms with Crippen molar-refractivity contribution < 1.29 is 0 Å². The van der Waals surface area contributed by atoms with Crippen LogP contribution in [0.4, 0.5) is 0 Å². The van der Waals surface area contributed by atoms with E-state index in [-0.39, 0.29) is 0 Å². The first-order valence-electron chi connectivity index (χ1n) is 10.8. The number of nitrogens with one attached hydrogen (secondary N) is 1. The van der Waals surface area contributed by atoms with E-state index in [2.05, 4.69) is 56.8 Å². The summed E-state index contributed by atoms with van der Waals surface area (Å²) in [6.45, 7) is 7.96. The van der Waals surface area contributed by atoms with Crippen LogP contribution in [0.25, 0.3) is 0 Å². The van der Waals surface area contributed by atoms with E-state index in [0.29, 0.717) is 24.5 Å². The van der Waals surface area contributed by atoms with E-state index >= 15 is 0 Å². The Bertz CT molecular complexity index is 758. The van der Waals surface area contributed by atoms with Gasteiger partial charge in [-0.05, 0) is 38.2 Å². The van der Waals surface area contributed by atoms with Crippen molar-refractivity contribution in [3.8, 4) is 0 Å². The molecule has 0 spiro atoms. The highest BCUT2D eigenvalue weighted by molar-refractivity contribution is 5.80. The monoisotopic (exact) mass is 383 g/mol. The van der Waals surface area contributed by atoms with Crippen LogP contribution in [-0.2, 0) is 6.54 Å². The van der Waals surface area contributed by atoms with Crippen LogP contribution in [0.5, 0.6) is 0 Å². The summed E-state index contributed by atoms with van der Waals surface area (Å²) >= 11 is 0. The molecule has 2 unspecified atom stereocenters. The van der Waals surface area contributed by atoms with Crippen LogP contribution in [-0.4, -0.2) is 49.8 Å². The minimum atomic E-state index is 0.432. The van der Waals surface area contributed by atoms with Crippen LogP contribution in [0, 0.1) is 5.92 Å². The van der Waals surface area contributed by atoms with Gasteiger partial charge in [0.05, 0.1) is 30.6 Å². The molecule has 2 aliphatic rings. The summed E-state index contributed by atoms with van der Waals surface area (Å²) in [6.07, 6.45) is 14.3. The molecule has 1 N–H and O–H groups in total. The van der Waals surface area contributed by atoms with Crippen LogP contribution >= 0.6 is 0 Å². The van der Waals surface area contributed by atoms with Gasteiger partial charge in [-0.2, -0.15) is 5.10 Å². The molecule has 2 fully saturated rings. The SMILES string of the molecule is CCNC(=NCc1ccn(C2CCCC2)n1)N1CCC(C)C(n2ccnc2)C1. The number of aromatic nitrogens is 4. The summed E-state index contributed by atoms with van der Waals surface area (Å²) in [7, 11) is 0. The molecule has 1 aliphatic heterocycles. The largest absolute Gasteiger partial charge is 0.357 e. The first-order chi connectivity index (χ1) is 13.7. The van der Waals surface area contributed by atoms with Gasteiger partial charge in [-0.1, -0.05) is 19.8 Å². The Morgan fingerprint density at radius 3 is 2.86 bits per heavy atom. The molecule has 0 aromatic carbocycles. The number of hydrogen-bond donors (Lipinski definition) is 1. The summed E-state index contributed by atoms with van der Waals surface area (Å²) in [4.78, 5) is 11.5. The van der Waals surface area contributed by atoms with Gasteiger partial charge < -0.3 is 14.8 Å². The first-order valence-corrected chi connectivity index (χ1v) is 10.8. The highest BCUT2D eigenvalue weighted by Gasteiger charge is 2.29. The highest BCUT2D eigenvalue weighted by atomic mass is 15.3. The molecular formula is C21H33N7. The van der Waals surface area contributed by atoms with E-state index in [1.807, 2.05) is 12.5 Å². The predicted molar refractivity (Wildman–Crippen MR) is 111 cm³/mol. The van der Waals surface area contributed by atoms with Gasteiger partial charge in [0.15, 0.2) is 5.96 Å². The Balaban J connectivity index is 1.44. The maximum atomic E-state index is 4.92. The third kappa shape index (κ3) is 4.23. The number of nitrogens with zero attached hydrogens (tertiary/aromatic N) is 6. The Morgan fingerprint density at radius 1 is 1.25 bits per heavy atom. The molecule has 1 saturated carbocycles. The van der Waals surface area contributed by atoms with Gasteiger partial charge in [-0.3, -0.25) is 4.68 Å². The zero-order valence-electron chi connectivity index (χ0n) is 17.2. The van der Waals surface area contributed by atoms with Crippen molar-refractivity contribution in [1.82, 2.24) is 29.5 Å². The number of hydrogen-bond acceptors (Lipinski definition) is 3. The second kappa shape index (κ2) is 8.80. The van der Waals surface area contributed by atoms with Gasteiger partial charge >= 0.3 is 0 Å². The van der Waals surface area contributed by atoms with Gasteiger partial charge in [0.2, 0.25) is 0 Å². The molecule has 4 rings (SSSR count). The molecule has 0 bridgehead atoms. The summed E-state index contributed by atoms with van der Waals surface area (Å²) < 4.78 is 4.39. The molecule has 2 atom stereocenters. The lowest BCUT2D eigenvalue weighted by Crippen LogP contribution is -2.49. The number of piperidine rings is 1. The first kappa shape index (κ1) is 19.0. The second-order valence-electron chi connectivity index (χ2n) is 8.18. The minimum absolute atomic E-state index is 0.432. The Hall–Kier alpha value is -2.31. The third-order valence-electron chi connectivity index (χ3n) is 6.21. The minimum Gasteiger partial charge on any atom is -0.357 e. The van der Waals surface area contributed by atoms with Crippen molar-refractivity contribution in [2.75, 3.05) is 19.6 Å². The molecule has 0 amide bonds. The van der Waals surface area contributed by atoms with Crippen molar-refractivity contribution in [3.05, 3.63) is 36.7 Å². The van der Waals surface area contributed by atoms with Crippen LogP contribution in [0.3, 0.4) is 0 Å². The van der Waals surface area contributed by atoms with E-state index < -0.39 is 0 Å². The number of rotatable bonds is 5. The van der Waals surface area contributed by atoms with Crippen molar-refractivity contribution in [2.45, 2.75) is 64.6 Å². The van der Waals surface area contributed by atoms with E-state index in [1.165, 1.54) is 25.7 Å². The topological polar surface area (TPSA) is 63.3 Å². The average molecular weight is 384 g/mol. The molecular weight excluding hydrogens is 350 g/mol. The number of guanidine groups is 1. The van der Waals surface area contributed by atoms with Crippen molar-refractivity contribution in [2.24, 2.45) is 10.9 Å². The molecule has 1 aliphatic carbocycles. The normalized spacial score (nSPS) is 24.1. The highest BCUT2D eigenvalue weighted by Crippen LogP contribution is 2.29. The number of imidazole rings is 1. The Kier molecular flexibility index (Phi) is 5.98. The van der Waals surface area contributed by atoms with Crippen LogP contribution in [0.1, 0.15) is 63.7 Å². The van der Waals surface area contributed by atoms with Gasteiger partial charge in [0.25, 0.3) is 0 Å². The number of aliphatic imine (C=N–C) groups is 1. The van der Waals surface area contributed by atoms with E-state index in [4.69, 9.17) is 10.1 Å². The summed E-state index contributed by atoms with van der Waals surface area (Å²) in [5.74, 6) is 1.63. The van der Waals surface area contributed by atoms with Crippen molar-refractivity contribution in [1.29, 1.82) is 0 Å². The summed E-state index contributed by atoms with van der Waals surface area (Å²) in [5.41, 5.74) is 1.05. The predicted octanol–water partition coefficient (Wildman–Crippen LogP) is 3.24. The summed E-state index contributed by atoms with van der Waals surface area (Å²) in [6, 6.07) is 3.14. The quantitative estimate of drug-likeness (QED) is 0.636. The number of likely N-dealkylation sites (tertiary alicyclic amines) is 1. The zero-order valence-corrected chi connectivity index (χ0v) is 17.2. The van der Waals surface area contributed by atoms with Crippen LogP contribution in [0.2, 0.25) is 0 Å². The molecule has 7 nitrogen and oxygen atoms in total. The average Bonchev–Trinajstić information content (AvgIpc) is 3.48. The summed E-state index contributed by atoms with van der Waals surface area (Å²) in [5, 5.41) is 8.27. The van der Waals surface area contributed by atoms with Gasteiger partial charge in [0, 0.05) is 38.2 Å². The lowest BCUT2D eigenvalue weighted by Gasteiger charge is -2.39. The fourth-order valence-corrected chi connectivity index (χ4v) is 4.51. The smallest absolute Gasteiger partial charge is 0.194 e. The Labute approximate surface area is 167 Å². The molecule has 1 saturated heterocycles. The Morgan fingerprint density at radius 2 is 2.11 bits per heavy atom. The fourth-order valence-electron chi connectivity index (χ4n) is 4.51. The fraction of sp³-hybridized carbons (Fsp3) is 0.667. The van der Waals surface area contributed by atoms with Crippen molar-refractivity contribution >= 4 is 5.96 Å². The third-order valence-corrected chi connectivity index (χ3v) is 6.21. The van der Waals surface area contributed by atoms with Crippen molar-refractivity contribution in [3.63, 3.8) is 0 Å². The van der Waals surface area contributed by atoms with E-state index in [1.54, 1.807) is 0 Å². The molecule has 0 radical (unpaired) electrons. The maximum Gasteiger partial charge on any atom is 0.194 e. The van der Waals surface area contributed by atoms with E-state index in [0.717, 1.165) is 37.7 Å². The van der Waals surface area contributed by atoms with Gasteiger partial charge in [-0.15, -0.1) is 0 Å². The molecule has 7 heteroatoms. The lowest BCUT2D eigenvalue weighted by molar-refractivity contribution is 0.189. The molecule has 28 heavy (non-hydrogen) atoms. The molecule has 2 aromatic heterocycles. The lowest BCUT2D eigenvalue weighted by atomic mass is 9.93. The van der Waals surface area contributed by atoms with Gasteiger partial charge in [0.1, 0.15) is 0 Å². The molecule has 3 heterocycles. The zero-order chi connectivity index (χ0) is 19.3. The molecule has 152 valence electrons. The maximum absolute atomic E-state index is 4.92. The second-order valence-corrected chi connectivity index (χ2v) is 8.18. The van der Waals surface area contributed by atoms with E-state index in [9.17, 15) is 0 Å².